The van der Waals surface area contributed by atoms with Gasteiger partial charge in [-0.15, -0.1) is 13.2 Å². The zero-order valence-corrected chi connectivity index (χ0v) is 32.0. The number of allylic oxidation sites excluding steroid dienone is 4. The predicted molar refractivity (Wildman–Crippen MR) is 205 cm³/mol. The number of alkyl halides is 3. The molecule has 0 spiro atoms. The molecule has 3 N–H and O–H groups in total. The van der Waals surface area contributed by atoms with E-state index in [0.717, 1.165) is 82.9 Å². The van der Waals surface area contributed by atoms with Crippen LogP contribution in [-0.2, 0) is 10.5 Å². The minimum absolute atomic E-state index is 0.256. The molecule has 0 amide bonds. The molecule has 1 aromatic heterocycles. The Morgan fingerprint density at radius 1 is 1.08 bits per heavy atom. The maximum atomic E-state index is 12.4. The number of nitrogens with two attached hydrogens (primary N) is 1. The number of aliphatic hydroxyl groups excluding tert-OH is 1. The summed E-state index contributed by atoms with van der Waals surface area (Å²) < 4.78 is 52.7. The molecular weight excluding hydrogens is 676 g/mol. The molecule has 0 bridgehead atoms. The van der Waals surface area contributed by atoms with Gasteiger partial charge in [0, 0.05) is 52.9 Å². The molecule has 3 aromatic rings. The summed E-state index contributed by atoms with van der Waals surface area (Å²) in [4.78, 5) is 4.41. The Balaban J connectivity index is 0.000000347. The lowest BCUT2D eigenvalue weighted by Gasteiger charge is -2.18. The van der Waals surface area contributed by atoms with E-state index in [2.05, 4.69) is 46.9 Å². The number of ether oxygens (including phenoxy) is 2. The minimum Gasteiger partial charge on any atom is -0.406 e. The van der Waals surface area contributed by atoms with Gasteiger partial charge in [-0.25, -0.2) is 0 Å². The molecule has 0 radical (unpaired) electrons. The van der Waals surface area contributed by atoms with Crippen molar-refractivity contribution < 1.29 is 32.3 Å². The number of halogens is 3. The maximum Gasteiger partial charge on any atom is 0.573 e. The van der Waals surface area contributed by atoms with Crippen LogP contribution in [-0.4, -0.2) is 47.9 Å². The molecule has 2 atom stereocenters. The second kappa shape index (κ2) is 22.2. The van der Waals surface area contributed by atoms with Gasteiger partial charge in [-0.05, 0) is 89.1 Å². The highest BCUT2D eigenvalue weighted by molar-refractivity contribution is 7.98. The van der Waals surface area contributed by atoms with Gasteiger partial charge in [-0.2, -0.15) is 11.8 Å². The third-order valence-corrected chi connectivity index (χ3v) is 9.24. The summed E-state index contributed by atoms with van der Waals surface area (Å²) in [5.74, 6) is 2.62. The fourth-order valence-corrected chi connectivity index (χ4v) is 6.53. The molecule has 2 unspecified atom stereocenters. The van der Waals surface area contributed by atoms with Crippen molar-refractivity contribution in [1.29, 1.82) is 0 Å². The van der Waals surface area contributed by atoms with Gasteiger partial charge in [-0.1, -0.05) is 74.0 Å². The van der Waals surface area contributed by atoms with Gasteiger partial charge in [0.15, 0.2) is 5.76 Å². The van der Waals surface area contributed by atoms with E-state index >= 15 is 0 Å². The average molecular weight is 730 g/mol. The normalized spacial score (nSPS) is 17.2. The maximum absolute atomic E-state index is 12.4. The number of aryl methyl sites for hydroxylation is 1. The number of aliphatic imine (C=N–C) groups is 1. The van der Waals surface area contributed by atoms with Crippen molar-refractivity contribution in [3.8, 4) is 17.1 Å². The molecule has 2 aromatic carbocycles. The summed E-state index contributed by atoms with van der Waals surface area (Å²) in [5.41, 5.74) is 14.6. The van der Waals surface area contributed by atoms with Crippen LogP contribution in [0.3, 0.4) is 0 Å². The number of thioether (sulfide) groups is 1. The lowest BCUT2D eigenvalue weighted by atomic mass is 9.91. The number of unbranched alkanes of at least 4 members (excludes halogenated alkanes) is 1. The van der Waals surface area contributed by atoms with E-state index in [9.17, 15) is 13.2 Å². The highest BCUT2D eigenvalue weighted by atomic mass is 32.2. The molecule has 0 saturated carbocycles. The molecule has 51 heavy (non-hydrogen) atoms. The highest BCUT2D eigenvalue weighted by Crippen LogP contribution is 2.34. The Bertz CT molecular complexity index is 1600. The van der Waals surface area contributed by atoms with E-state index in [1.807, 2.05) is 64.6 Å². The fourth-order valence-electron chi connectivity index (χ4n) is 5.36. The molecule has 280 valence electrons. The van der Waals surface area contributed by atoms with Crippen molar-refractivity contribution in [3.05, 3.63) is 100 Å². The molecule has 2 heterocycles. The Morgan fingerprint density at radius 3 is 2.29 bits per heavy atom. The van der Waals surface area contributed by atoms with Crippen molar-refractivity contribution in [2.24, 2.45) is 10.7 Å². The van der Waals surface area contributed by atoms with Gasteiger partial charge in [-0.3, -0.25) is 4.99 Å². The Morgan fingerprint density at radius 2 is 1.75 bits per heavy atom. The van der Waals surface area contributed by atoms with Crippen LogP contribution < -0.4 is 10.5 Å². The van der Waals surface area contributed by atoms with Crippen LogP contribution in [0.1, 0.15) is 90.5 Å². The fraction of sp³-hybridized carbons (Fsp3) is 0.450. The van der Waals surface area contributed by atoms with E-state index in [4.69, 9.17) is 20.1 Å². The monoisotopic (exact) mass is 729 g/mol. The molecule has 0 aliphatic carbocycles. The first-order valence-corrected chi connectivity index (χ1v) is 18.4. The quantitative estimate of drug-likeness (QED) is 0.133. The van der Waals surface area contributed by atoms with Crippen molar-refractivity contribution in [2.75, 3.05) is 12.9 Å². The number of hydrogen-bond donors (Lipinski definition) is 2. The van der Waals surface area contributed by atoms with E-state index < -0.39 is 6.36 Å². The zero-order chi connectivity index (χ0) is 38.0. The number of hydrogen-bond acceptors (Lipinski definition) is 8. The summed E-state index contributed by atoms with van der Waals surface area (Å²) in [5, 5.41) is 11.1. The van der Waals surface area contributed by atoms with Crippen LogP contribution >= 0.6 is 11.8 Å². The first-order chi connectivity index (χ1) is 24.4. The van der Waals surface area contributed by atoms with Crippen LogP contribution in [0.5, 0.6) is 5.75 Å². The molecule has 11 heteroatoms. The zero-order valence-electron chi connectivity index (χ0n) is 31.1. The topological polar surface area (TPSA) is 103 Å². The van der Waals surface area contributed by atoms with Crippen LogP contribution in [0.15, 0.2) is 92.7 Å². The molecule has 1 fully saturated rings. The van der Waals surface area contributed by atoms with Crippen molar-refractivity contribution in [3.63, 3.8) is 0 Å². The smallest absolute Gasteiger partial charge is 0.406 e. The number of rotatable bonds is 13. The van der Waals surface area contributed by atoms with Gasteiger partial charge < -0.3 is 24.8 Å². The molecule has 1 aliphatic heterocycles. The Labute approximate surface area is 305 Å². The second-order valence-electron chi connectivity index (χ2n) is 12.0. The van der Waals surface area contributed by atoms with E-state index in [-0.39, 0.29) is 5.75 Å². The Hall–Kier alpha value is -3.80. The summed E-state index contributed by atoms with van der Waals surface area (Å²) in [7, 11) is 1.00. The van der Waals surface area contributed by atoms with Gasteiger partial charge in [0.25, 0.3) is 0 Å². The standard InChI is InChI=1S/C22H29F3N2O.C17H21NO2S.CH4O/c1-6-9-10-19(17-11-13-18(14-12-17)28-22(23,24)25)20(16(5)27-8-3)21(26)15(4)7-2;1-12-8-9-15(19-12)10-21-11-16-13(2)18-20-17(16)14-6-4-3-5-7-14;1-2/h8,10-14H,6-7,9,26H2,1-5H3;3-7,12,15H,8-11H2,1-2H3;2H,1H3/b19-10-,20-16-,21-15-,27-8?;;. The molecular formula is C40H54F3N3O4S. The first-order valence-electron chi connectivity index (χ1n) is 17.3. The minimum atomic E-state index is -4.72. The summed E-state index contributed by atoms with van der Waals surface area (Å²) in [6.45, 7) is 13.9. The second-order valence-corrected chi connectivity index (χ2v) is 13.0. The van der Waals surface area contributed by atoms with E-state index in [1.165, 1.54) is 30.5 Å². The van der Waals surface area contributed by atoms with Crippen molar-refractivity contribution in [1.82, 2.24) is 5.16 Å². The van der Waals surface area contributed by atoms with Gasteiger partial charge in [0.2, 0.25) is 0 Å². The SMILES string of the molecule is CC=N/C(C)=C(C(=C\CCC)/c1ccc(OC(F)(F)F)cc1)\C(N)=C(/C)CC.CO.Cc1noc(-c2ccccc2)c1CSCC1CCC(C)O1. The number of aliphatic hydroxyl groups is 1. The van der Waals surface area contributed by atoms with E-state index in [0.29, 0.717) is 17.9 Å². The molecule has 4 rings (SSSR count). The summed E-state index contributed by atoms with van der Waals surface area (Å²) >= 11 is 1.91. The average Bonchev–Trinajstić information content (AvgIpc) is 3.71. The number of aromatic nitrogens is 1. The highest BCUT2D eigenvalue weighted by Gasteiger charge is 2.31. The lowest BCUT2D eigenvalue weighted by molar-refractivity contribution is -0.274. The van der Waals surface area contributed by atoms with Crippen LogP contribution in [0.4, 0.5) is 13.2 Å². The number of benzene rings is 2. The summed E-state index contributed by atoms with van der Waals surface area (Å²) in [6.07, 6.45) is 4.76. The largest absolute Gasteiger partial charge is 0.573 e. The van der Waals surface area contributed by atoms with Gasteiger partial charge in [0.05, 0.1) is 17.9 Å². The first kappa shape index (κ1) is 43.4. The van der Waals surface area contributed by atoms with Crippen molar-refractivity contribution in [2.45, 2.75) is 105 Å². The predicted octanol–water partition coefficient (Wildman–Crippen LogP) is 10.8. The summed E-state index contributed by atoms with van der Waals surface area (Å²) in [6, 6.07) is 16.0. The van der Waals surface area contributed by atoms with Crippen LogP contribution in [0, 0.1) is 6.92 Å². The van der Waals surface area contributed by atoms with Crippen molar-refractivity contribution >= 4 is 23.5 Å². The molecule has 1 aliphatic rings. The van der Waals surface area contributed by atoms with Gasteiger partial charge in [0.1, 0.15) is 5.75 Å². The van der Waals surface area contributed by atoms with E-state index in [1.54, 1.807) is 18.3 Å². The third-order valence-electron chi connectivity index (χ3n) is 8.14. The third kappa shape index (κ3) is 14.0. The van der Waals surface area contributed by atoms with Crippen LogP contribution in [0.2, 0.25) is 0 Å². The Kier molecular flexibility index (Phi) is 18.9. The van der Waals surface area contributed by atoms with Gasteiger partial charge >= 0.3 is 6.36 Å². The number of nitrogens with zero attached hydrogens (tertiary/aromatic N) is 2. The van der Waals surface area contributed by atoms with Crippen LogP contribution in [0.25, 0.3) is 16.9 Å². The molecule has 7 nitrogen and oxygen atoms in total. The molecule has 1 saturated heterocycles. The lowest BCUT2D eigenvalue weighted by Crippen LogP contribution is -2.17.